The zero-order valence-corrected chi connectivity index (χ0v) is 14.2. The number of aliphatic hydroxyl groups excluding tert-OH is 1. The van der Waals surface area contributed by atoms with Crippen LogP contribution < -0.4 is 0 Å². The molecule has 0 bridgehead atoms. The SMILES string of the molecule is CN(C)CCN1C(=O)C(O)=C(C(=O)c2ccco2)C1c1ccccc1. The highest BCUT2D eigenvalue weighted by molar-refractivity contribution is 6.14. The van der Waals surface area contributed by atoms with E-state index in [0.717, 1.165) is 5.56 Å². The summed E-state index contributed by atoms with van der Waals surface area (Å²) in [5.74, 6) is -1.42. The maximum absolute atomic E-state index is 12.8. The van der Waals surface area contributed by atoms with E-state index in [1.54, 1.807) is 6.07 Å². The van der Waals surface area contributed by atoms with Crippen LogP contribution in [0.3, 0.4) is 0 Å². The molecule has 1 amide bonds. The van der Waals surface area contributed by atoms with Crippen molar-refractivity contribution in [3.8, 4) is 0 Å². The van der Waals surface area contributed by atoms with Crippen molar-refractivity contribution >= 4 is 11.7 Å². The van der Waals surface area contributed by atoms with Crippen LogP contribution in [0.2, 0.25) is 0 Å². The number of amides is 1. The third-order valence-corrected chi connectivity index (χ3v) is 4.20. The van der Waals surface area contributed by atoms with Crippen LogP contribution in [0.5, 0.6) is 0 Å². The fraction of sp³-hybridized carbons (Fsp3) is 0.263. The molecule has 130 valence electrons. The first-order valence-electron chi connectivity index (χ1n) is 8.02. The highest BCUT2D eigenvalue weighted by Crippen LogP contribution is 2.38. The summed E-state index contributed by atoms with van der Waals surface area (Å²) in [5.41, 5.74) is 0.832. The first-order chi connectivity index (χ1) is 12.0. The number of nitrogens with zero attached hydrogens (tertiary/aromatic N) is 2. The van der Waals surface area contributed by atoms with Crippen molar-refractivity contribution in [3.05, 3.63) is 71.4 Å². The van der Waals surface area contributed by atoms with Crippen LogP contribution >= 0.6 is 0 Å². The molecular formula is C19H20N2O4. The van der Waals surface area contributed by atoms with Crippen LogP contribution in [0.1, 0.15) is 22.2 Å². The van der Waals surface area contributed by atoms with E-state index in [-0.39, 0.29) is 11.3 Å². The molecule has 1 aliphatic rings. The molecule has 1 aromatic heterocycles. The molecule has 1 unspecified atom stereocenters. The molecule has 0 spiro atoms. The molecule has 6 heteroatoms. The maximum atomic E-state index is 12.8. The molecule has 1 N–H and O–H groups in total. The molecule has 0 saturated heterocycles. The summed E-state index contributed by atoms with van der Waals surface area (Å²) in [5, 5.41) is 10.4. The number of carbonyl (C=O) groups excluding carboxylic acids is 2. The molecule has 2 heterocycles. The molecule has 0 saturated carbocycles. The van der Waals surface area contributed by atoms with Crippen molar-refractivity contribution in [2.45, 2.75) is 6.04 Å². The van der Waals surface area contributed by atoms with Gasteiger partial charge in [-0.05, 0) is 31.8 Å². The predicted molar refractivity (Wildman–Crippen MR) is 92.1 cm³/mol. The molecule has 1 atom stereocenters. The molecule has 0 aliphatic carbocycles. The Labute approximate surface area is 146 Å². The summed E-state index contributed by atoms with van der Waals surface area (Å²) in [6.45, 7) is 1.01. The Morgan fingerprint density at radius 3 is 2.52 bits per heavy atom. The normalized spacial score (nSPS) is 17.6. The highest BCUT2D eigenvalue weighted by atomic mass is 16.3. The number of rotatable bonds is 6. The number of ketones is 1. The molecule has 0 radical (unpaired) electrons. The Hall–Kier alpha value is -2.86. The van der Waals surface area contributed by atoms with Gasteiger partial charge in [-0.3, -0.25) is 9.59 Å². The van der Waals surface area contributed by atoms with Crippen LogP contribution in [0.25, 0.3) is 0 Å². The van der Waals surface area contributed by atoms with E-state index in [0.29, 0.717) is 13.1 Å². The fourth-order valence-electron chi connectivity index (χ4n) is 2.95. The molecule has 0 fully saturated rings. The second-order valence-electron chi connectivity index (χ2n) is 6.18. The number of hydrogen-bond acceptors (Lipinski definition) is 5. The van der Waals surface area contributed by atoms with Crippen LogP contribution in [0, 0.1) is 0 Å². The summed E-state index contributed by atoms with van der Waals surface area (Å²) in [6.07, 6.45) is 1.39. The molecular weight excluding hydrogens is 320 g/mol. The lowest BCUT2D eigenvalue weighted by atomic mass is 9.95. The van der Waals surface area contributed by atoms with Crippen LogP contribution in [-0.2, 0) is 4.79 Å². The van der Waals surface area contributed by atoms with E-state index >= 15 is 0 Å². The van der Waals surface area contributed by atoms with Gasteiger partial charge in [-0.2, -0.15) is 0 Å². The minimum atomic E-state index is -0.633. The van der Waals surface area contributed by atoms with Gasteiger partial charge in [0.05, 0.1) is 17.9 Å². The number of aliphatic hydroxyl groups is 1. The number of benzene rings is 1. The summed E-state index contributed by atoms with van der Waals surface area (Å²) in [4.78, 5) is 28.9. The summed E-state index contributed by atoms with van der Waals surface area (Å²) >= 11 is 0. The monoisotopic (exact) mass is 340 g/mol. The van der Waals surface area contributed by atoms with Crippen molar-refractivity contribution < 1.29 is 19.1 Å². The Balaban J connectivity index is 2.04. The third-order valence-electron chi connectivity index (χ3n) is 4.20. The zero-order valence-electron chi connectivity index (χ0n) is 14.2. The number of carbonyl (C=O) groups is 2. The van der Waals surface area contributed by atoms with Gasteiger partial charge in [0, 0.05) is 13.1 Å². The third kappa shape index (κ3) is 3.21. The van der Waals surface area contributed by atoms with Gasteiger partial charge in [-0.15, -0.1) is 0 Å². The predicted octanol–water partition coefficient (Wildman–Crippen LogP) is 2.42. The minimum absolute atomic E-state index is 0.0601. The van der Waals surface area contributed by atoms with E-state index in [1.165, 1.54) is 17.2 Å². The average molecular weight is 340 g/mol. The number of Topliss-reactive ketones (excluding diaryl/α,β-unsaturated/α-hetero) is 1. The van der Waals surface area contributed by atoms with Gasteiger partial charge in [0.15, 0.2) is 11.5 Å². The smallest absolute Gasteiger partial charge is 0.290 e. The molecule has 2 aromatic rings. The minimum Gasteiger partial charge on any atom is -0.503 e. The topological polar surface area (TPSA) is 74.0 Å². The van der Waals surface area contributed by atoms with Crippen molar-refractivity contribution in [1.29, 1.82) is 0 Å². The largest absolute Gasteiger partial charge is 0.503 e. The Morgan fingerprint density at radius 1 is 1.20 bits per heavy atom. The lowest BCUT2D eigenvalue weighted by Gasteiger charge is -2.27. The number of furan rings is 1. The standard InChI is InChI=1S/C19H20N2O4/c1-20(2)10-11-21-16(13-7-4-3-5-8-13)15(18(23)19(21)24)17(22)14-9-6-12-25-14/h3-9,12,16,23H,10-11H2,1-2H3. The van der Waals surface area contributed by atoms with E-state index in [1.807, 2.05) is 49.3 Å². The second-order valence-corrected chi connectivity index (χ2v) is 6.18. The van der Waals surface area contributed by atoms with Crippen LogP contribution in [0.15, 0.2) is 64.5 Å². The summed E-state index contributed by atoms with van der Waals surface area (Å²) in [7, 11) is 3.81. The molecule has 25 heavy (non-hydrogen) atoms. The molecule has 1 aromatic carbocycles. The van der Waals surface area contributed by atoms with Gasteiger partial charge in [-0.25, -0.2) is 0 Å². The summed E-state index contributed by atoms with van der Waals surface area (Å²) < 4.78 is 5.18. The first-order valence-corrected chi connectivity index (χ1v) is 8.02. The average Bonchev–Trinajstić information content (AvgIpc) is 3.22. The number of likely N-dealkylation sites (N-methyl/N-ethyl adjacent to an activating group) is 1. The highest BCUT2D eigenvalue weighted by Gasteiger charge is 2.44. The fourth-order valence-corrected chi connectivity index (χ4v) is 2.95. The van der Waals surface area contributed by atoms with Crippen LogP contribution in [-0.4, -0.2) is 53.8 Å². The van der Waals surface area contributed by atoms with Gasteiger partial charge in [0.25, 0.3) is 5.91 Å². The lowest BCUT2D eigenvalue weighted by molar-refractivity contribution is -0.129. The molecule has 3 rings (SSSR count). The summed E-state index contributed by atoms with van der Waals surface area (Å²) in [6, 6.07) is 11.7. The molecule has 1 aliphatic heterocycles. The van der Waals surface area contributed by atoms with E-state index in [2.05, 4.69) is 0 Å². The zero-order chi connectivity index (χ0) is 18.0. The first kappa shape index (κ1) is 17.0. The maximum Gasteiger partial charge on any atom is 0.290 e. The van der Waals surface area contributed by atoms with Crippen molar-refractivity contribution in [2.24, 2.45) is 0 Å². The van der Waals surface area contributed by atoms with Crippen molar-refractivity contribution in [1.82, 2.24) is 9.80 Å². The Kier molecular flexibility index (Phi) is 4.72. The molecule has 6 nitrogen and oxygen atoms in total. The van der Waals surface area contributed by atoms with Gasteiger partial charge < -0.3 is 19.3 Å². The van der Waals surface area contributed by atoms with E-state index in [9.17, 15) is 14.7 Å². The van der Waals surface area contributed by atoms with Gasteiger partial charge in [0.2, 0.25) is 5.78 Å². The Morgan fingerprint density at radius 2 is 1.92 bits per heavy atom. The second kappa shape index (κ2) is 6.94. The van der Waals surface area contributed by atoms with Crippen molar-refractivity contribution in [2.75, 3.05) is 27.2 Å². The van der Waals surface area contributed by atoms with E-state index in [4.69, 9.17) is 4.42 Å². The lowest BCUT2D eigenvalue weighted by Crippen LogP contribution is -2.36. The number of hydrogen-bond donors (Lipinski definition) is 1. The van der Waals surface area contributed by atoms with Crippen molar-refractivity contribution in [3.63, 3.8) is 0 Å². The Bertz CT molecular complexity index is 794. The van der Waals surface area contributed by atoms with Gasteiger partial charge >= 0.3 is 0 Å². The van der Waals surface area contributed by atoms with Crippen LogP contribution in [0.4, 0.5) is 0 Å². The quantitative estimate of drug-likeness (QED) is 0.818. The van der Waals surface area contributed by atoms with Gasteiger partial charge in [0.1, 0.15) is 0 Å². The van der Waals surface area contributed by atoms with E-state index < -0.39 is 23.5 Å². The van der Waals surface area contributed by atoms with Gasteiger partial charge in [-0.1, -0.05) is 30.3 Å².